The van der Waals surface area contributed by atoms with Crippen molar-refractivity contribution in [2.75, 3.05) is 26.4 Å². The van der Waals surface area contributed by atoms with Gasteiger partial charge in [-0.3, -0.25) is 18.6 Å². The van der Waals surface area contributed by atoms with Gasteiger partial charge in [-0.05, 0) is 83.5 Å². The van der Waals surface area contributed by atoms with E-state index >= 15 is 0 Å². The number of allylic oxidation sites excluding steroid dienone is 12. The molecule has 9 nitrogen and oxygen atoms in total. The Morgan fingerprint density at radius 1 is 0.585 bits per heavy atom. The molecule has 0 aromatic carbocycles. The molecule has 10 heteroatoms. The summed E-state index contributed by atoms with van der Waals surface area (Å²) in [6.07, 6.45) is 46.5. The van der Waals surface area contributed by atoms with E-state index < -0.39 is 32.5 Å². The number of carbonyl (C=O) groups excluding carboxylic acids is 2. The normalized spacial score (nSPS) is 14.1. The first kappa shape index (κ1) is 50.5. The van der Waals surface area contributed by atoms with Gasteiger partial charge >= 0.3 is 19.8 Å². The zero-order valence-corrected chi connectivity index (χ0v) is 34.1. The van der Waals surface area contributed by atoms with Gasteiger partial charge in [0.15, 0.2) is 6.10 Å². The number of hydrogen-bond donors (Lipinski definition) is 2. The van der Waals surface area contributed by atoms with Crippen LogP contribution in [0.2, 0.25) is 0 Å². The van der Waals surface area contributed by atoms with Gasteiger partial charge in [0.2, 0.25) is 0 Å². The monoisotopic (exact) mass is 764 g/mol. The first-order valence-electron chi connectivity index (χ1n) is 20.4. The van der Waals surface area contributed by atoms with Gasteiger partial charge < -0.3 is 20.1 Å². The smallest absolute Gasteiger partial charge is 0.462 e. The van der Waals surface area contributed by atoms with Crippen molar-refractivity contribution in [2.24, 2.45) is 5.73 Å². The van der Waals surface area contributed by atoms with Crippen molar-refractivity contribution in [3.05, 3.63) is 72.9 Å². The molecular formula is C43H74NO8P. The standard InChI is InChI=1S/C43H74NO8P/c1-3-5-7-9-11-13-15-17-19-20-22-23-25-27-29-31-33-35-42(45)49-39-41(40-51-53(47,48)50-38-37-44)52-43(46)36-34-32-30-28-26-24-21-18-16-14-12-10-8-6-4-2/h6,8,11-14,17-19,21,26,28,41H,3-5,7,9-10,15-16,20,22-25,27,29-40,44H2,1-2H3,(H,47,48). The van der Waals surface area contributed by atoms with E-state index in [0.29, 0.717) is 12.8 Å². The number of unbranched alkanes of at least 4 members (excludes halogenated alkanes) is 12. The number of phosphoric ester groups is 1. The number of carbonyl (C=O) groups is 2. The molecule has 0 aromatic heterocycles. The maximum Gasteiger partial charge on any atom is 0.472 e. The molecule has 0 radical (unpaired) electrons. The molecule has 2 unspecified atom stereocenters. The minimum atomic E-state index is -4.39. The summed E-state index contributed by atoms with van der Waals surface area (Å²) < 4.78 is 32.7. The third-order valence-electron chi connectivity index (χ3n) is 8.08. The molecule has 2 atom stereocenters. The molecule has 0 saturated carbocycles. The highest BCUT2D eigenvalue weighted by Crippen LogP contribution is 2.43. The van der Waals surface area contributed by atoms with Crippen molar-refractivity contribution in [3.8, 4) is 0 Å². The van der Waals surface area contributed by atoms with Crippen LogP contribution in [0.25, 0.3) is 0 Å². The van der Waals surface area contributed by atoms with Crippen LogP contribution in [-0.2, 0) is 32.7 Å². The van der Waals surface area contributed by atoms with Crippen LogP contribution in [-0.4, -0.2) is 49.3 Å². The molecule has 0 aliphatic heterocycles. The predicted octanol–water partition coefficient (Wildman–Crippen LogP) is 11.5. The Kier molecular flexibility index (Phi) is 37.3. The van der Waals surface area contributed by atoms with Crippen molar-refractivity contribution >= 4 is 19.8 Å². The van der Waals surface area contributed by atoms with Crippen molar-refractivity contribution < 1.29 is 37.6 Å². The summed E-state index contributed by atoms with van der Waals surface area (Å²) in [7, 11) is -4.39. The van der Waals surface area contributed by atoms with Crippen LogP contribution in [0.15, 0.2) is 72.9 Å². The molecule has 0 saturated heterocycles. The molecule has 304 valence electrons. The van der Waals surface area contributed by atoms with Gasteiger partial charge in [0, 0.05) is 19.4 Å². The molecule has 0 aromatic rings. The predicted molar refractivity (Wildman–Crippen MR) is 219 cm³/mol. The Morgan fingerprint density at radius 2 is 1.04 bits per heavy atom. The quantitative estimate of drug-likeness (QED) is 0.0274. The second kappa shape index (κ2) is 39.2. The summed E-state index contributed by atoms with van der Waals surface area (Å²) in [6, 6.07) is 0. The molecule has 53 heavy (non-hydrogen) atoms. The molecule has 0 amide bonds. The maximum absolute atomic E-state index is 12.5. The molecule has 0 aliphatic carbocycles. The highest BCUT2D eigenvalue weighted by atomic mass is 31.2. The van der Waals surface area contributed by atoms with Crippen molar-refractivity contribution in [3.63, 3.8) is 0 Å². The minimum Gasteiger partial charge on any atom is -0.462 e. The van der Waals surface area contributed by atoms with E-state index in [9.17, 15) is 19.0 Å². The van der Waals surface area contributed by atoms with E-state index in [2.05, 4.69) is 86.8 Å². The summed E-state index contributed by atoms with van der Waals surface area (Å²) >= 11 is 0. The van der Waals surface area contributed by atoms with E-state index in [1.807, 2.05) is 0 Å². The van der Waals surface area contributed by atoms with E-state index in [4.69, 9.17) is 24.3 Å². The number of nitrogens with two attached hydrogens (primary N) is 1. The Labute approximate surface area is 322 Å². The summed E-state index contributed by atoms with van der Waals surface area (Å²) in [5, 5.41) is 0. The fraction of sp³-hybridized carbons (Fsp3) is 0.674. The minimum absolute atomic E-state index is 0.0417. The first-order chi connectivity index (χ1) is 25.8. The van der Waals surface area contributed by atoms with Crippen LogP contribution in [0.1, 0.15) is 155 Å². The van der Waals surface area contributed by atoms with E-state index in [0.717, 1.165) is 70.6 Å². The molecular weight excluding hydrogens is 689 g/mol. The van der Waals surface area contributed by atoms with Gasteiger partial charge in [0.1, 0.15) is 6.61 Å². The maximum atomic E-state index is 12.5. The van der Waals surface area contributed by atoms with Crippen LogP contribution in [0.4, 0.5) is 0 Å². The van der Waals surface area contributed by atoms with Gasteiger partial charge in [-0.1, -0.05) is 132 Å². The van der Waals surface area contributed by atoms with Gasteiger partial charge in [-0.2, -0.15) is 0 Å². The highest BCUT2D eigenvalue weighted by molar-refractivity contribution is 7.47. The first-order valence-corrected chi connectivity index (χ1v) is 21.9. The second-order valence-electron chi connectivity index (χ2n) is 13.1. The number of phosphoric acid groups is 1. The van der Waals surface area contributed by atoms with Gasteiger partial charge in [-0.15, -0.1) is 0 Å². The van der Waals surface area contributed by atoms with Gasteiger partial charge in [0.05, 0.1) is 13.2 Å². The summed E-state index contributed by atoms with van der Waals surface area (Å²) in [5.74, 6) is -0.894. The number of hydrogen-bond acceptors (Lipinski definition) is 8. The van der Waals surface area contributed by atoms with Gasteiger partial charge in [-0.25, -0.2) is 4.57 Å². The largest absolute Gasteiger partial charge is 0.472 e. The molecule has 0 aliphatic rings. The third kappa shape index (κ3) is 39.0. The Hall–Kier alpha value is -2.55. The van der Waals surface area contributed by atoms with Crippen LogP contribution in [0.3, 0.4) is 0 Å². The number of esters is 2. The van der Waals surface area contributed by atoms with Crippen molar-refractivity contribution in [2.45, 2.75) is 161 Å². The lowest BCUT2D eigenvalue weighted by Crippen LogP contribution is -2.29. The average molecular weight is 764 g/mol. The highest BCUT2D eigenvalue weighted by Gasteiger charge is 2.25. The van der Waals surface area contributed by atoms with E-state index in [1.54, 1.807) is 0 Å². The zero-order chi connectivity index (χ0) is 38.9. The number of rotatable bonds is 37. The van der Waals surface area contributed by atoms with Gasteiger partial charge in [0.25, 0.3) is 0 Å². The SMILES string of the molecule is CCC=CCC=CCC=CCC=CCCCCC(=O)OC(COC(=O)CCCCCCCCCC=CCC=CCCCCC)COP(=O)(O)OCCN. The molecule has 0 rings (SSSR count). The molecule has 3 N–H and O–H groups in total. The fourth-order valence-corrected chi connectivity index (χ4v) is 5.83. The topological polar surface area (TPSA) is 134 Å². The lowest BCUT2D eigenvalue weighted by Gasteiger charge is -2.19. The lowest BCUT2D eigenvalue weighted by atomic mass is 10.1. The van der Waals surface area contributed by atoms with Crippen molar-refractivity contribution in [1.82, 2.24) is 0 Å². The van der Waals surface area contributed by atoms with Crippen LogP contribution < -0.4 is 5.73 Å². The summed E-state index contributed by atoms with van der Waals surface area (Å²) in [6.45, 7) is 3.51. The summed E-state index contributed by atoms with van der Waals surface area (Å²) in [4.78, 5) is 34.8. The zero-order valence-electron chi connectivity index (χ0n) is 33.2. The molecule has 0 fully saturated rings. The van der Waals surface area contributed by atoms with E-state index in [-0.39, 0.29) is 32.6 Å². The average Bonchev–Trinajstić information content (AvgIpc) is 3.14. The second-order valence-corrected chi connectivity index (χ2v) is 14.6. The Morgan fingerprint density at radius 3 is 1.58 bits per heavy atom. The van der Waals surface area contributed by atoms with Crippen molar-refractivity contribution in [1.29, 1.82) is 0 Å². The van der Waals surface area contributed by atoms with E-state index in [1.165, 1.54) is 44.9 Å². The Bertz CT molecular complexity index is 1100. The molecule has 0 bridgehead atoms. The lowest BCUT2D eigenvalue weighted by molar-refractivity contribution is -0.161. The third-order valence-corrected chi connectivity index (χ3v) is 9.06. The van der Waals surface area contributed by atoms with Crippen LogP contribution in [0.5, 0.6) is 0 Å². The van der Waals surface area contributed by atoms with Crippen LogP contribution >= 0.6 is 7.82 Å². The molecule has 0 spiro atoms. The fourth-order valence-electron chi connectivity index (χ4n) is 5.07. The van der Waals surface area contributed by atoms with Crippen LogP contribution in [0, 0.1) is 0 Å². The summed E-state index contributed by atoms with van der Waals surface area (Å²) in [5.41, 5.74) is 5.33. The number of ether oxygens (including phenoxy) is 2. The molecule has 0 heterocycles. The Balaban J connectivity index is 4.27.